The number of carbonyl (C=O) groups is 1. The molecule has 1 aromatic carbocycles. The maximum Gasteiger partial charge on any atom is 0.416 e. The molecule has 3 rings (SSSR count). The lowest BCUT2D eigenvalue weighted by Crippen LogP contribution is -2.27. The second-order valence-corrected chi connectivity index (χ2v) is 8.97. The van der Waals surface area contributed by atoms with Crippen molar-refractivity contribution in [1.82, 2.24) is 0 Å². The van der Waals surface area contributed by atoms with Crippen molar-refractivity contribution in [3.05, 3.63) is 51.0 Å². The van der Waals surface area contributed by atoms with Crippen molar-refractivity contribution < 1.29 is 22.4 Å². The molecule has 1 aromatic heterocycles. The number of carbonyl (C=O) groups excluding carboxylic acids is 1. The fraction of sp³-hybridized carbons (Fsp3) is 0.450. The molecule has 1 aliphatic rings. The van der Waals surface area contributed by atoms with Gasteiger partial charge in [0.25, 0.3) is 5.91 Å². The maximum atomic E-state index is 13.9. The van der Waals surface area contributed by atoms with E-state index in [0.29, 0.717) is 23.6 Å². The smallest absolute Gasteiger partial charge is 0.319 e. The van der Waals surface area contributed by atoms with Crippen LogP contribution in [0.1, 0.15) is 53.6 Å². The first-order chi connectivity index (χ1) is 12.5. The van der Waals surface area contributed by atoms with E-state index < -0.39 is 29.2 Å². The van der Waals surface area contributed by atoms with E-state index >= 15 is 0 Å². The minimum atomic E-state index is -4.60. The first-order valence-electron chi connectivity index (χ1n) is 8.74. The van der Waals surface area contributed by atoms with E-state index in [1.54, 1.807) is 5.38 Å². The van der Waals surface area contributed by atoms with Gasteiger partial charge in [-0.05, 0) is 54.4 Å². The highest BCUT2D eigenvalue weighted by molar-refractivity contribution is 7.10. The average molecular weight is 399 g/mol. The molecule has 2 nitrogen and oxygen atoms in total. The minimum Gasteiger partial charge on any atom is -0.319 e. The van der Waals surface area contributed by atoms with Crippen LogP contribution in [0.5, 0.6) is 0 Å². The average Bonchev–Trinajstić information content (AvgIpc) is 2.98. The molecule has 1 aliphatic carbocycles. The summed E-state index contributed by atoms with van der Waals surface area (Å²) in [6.45, 7) is 6.58. The van der Waals surface area contributed by atoms with Crippen molar-refractivity contribution >= 4 is 22.9 Å². The van der Waals surface area contributed by atoms with Gasteiger partial charge in [-0.25, -0.2) is 4.39 Å². The Kier molecular flexibility index (Phi) is 5.10. The van der Waals surface area contributed by atoms with Gasteiger partial charge in [-0.1, -0.05) is 20.8 Å². The van der Waals surface area contributed by atoms with Crippen molar-refractivity contribution in [2.24, 2.45) is 11.3 Å². The lowest BCUT2D eigenvalue weighted by molar-refractivity contribution is -0.137. The molecule has 0 fully saturated rings. The first kappa shape index (κ1) is 19.9. The van der Waals surface area contributed by atoms with Crippen LogP contribution in [0.3, 0.4) is 0 Å². The summed E-state index contributed by atoms with van der Waals surface area (Å²) in [6, 6.07) is 2.00. The molecule has 27 heavy (non-hydrogen) atoms. The van der Waals surface area contributed by atoms with Gasteiger partial charge in [-0.2, -0.15) is 13.2 Å². The molecule has 1 heterocycles. The molecule has 2 aromatic rings. The molecule has 0 aliphatic heterocycles. The van der Waals surface area contributed by atoms with Crippen LogP contribution < -0.4 is 5.32 Å². The number of alkyl halides is 3. The van der Waals surface area contributed by atoms with Crippen LogP contribution in [0.4, 0.5) is 23.2 Å². The van der Waals surface area contributed by atoms with Crippen LogP contribution in [0.15, 0.2) is 23.6 Å². The molecule has 0 unspecified atom stereocenters. The highest BCUT2D eigenvalue weighted by Gasteiger charge is 2.33. The Hall–Kier alpha value is -1.89. The minimum absolute atomic E-state index is 0.172. The maximum absolute atomic E-state index is 13.9. The Morgan fingerprint density at radius 3 is 2.56 bits per heavy atom. The fourth-order valence-electron chi connectivity index (χ4n) is 3.43. The standard InChI is InChI=1S/C20H21F4NOS/c1-19(2,3)11-4-6-13-14(10-27-17(13)9-11)18(26)25-16-8-12(20(22,23)24)5-7-15(16)21/h5,7-8,10-11H,4,6,9H2,1-3H3,(H,25,26)/t11-/m0/s1. The van der Waals surface area contributed by atoms with Crippen LogP contribution >= 0.6 is 11.3 Å². The third-order valence-electron chi connectivity index (χ3n) is 5.17. The van der Waals surface area contributed by atoms with Gasteiger partial charge in [0.05, 0.1) is 16.8 Å². The molecule has 0 radical (unpaired) electrons. The Morgan fingerprint density at radius 2 is 1.93 bits per heavy atom. The van der Waals surface area contributed by atoms with Gasteiger partial charge in [-0.3, -0.25) is 4.79 Å². The number of hydrogen-bond donors (Lipinski definition) is 1. The zero-order valence-electron chi connectivity index (χ0n) is 15.3. The van der Waals surface area contributed by atoms with Crippen LogP contribution in [0, 0.1) is 17.2 Å². The molecule has 1 amide bonds. The number of benzene rings is 1. The fourth-order valence-corrected chi connectivity index (χ4v) is 4.59. The van der Waals surface area contributed by atoms with E-state index in [1.807, 2.05) is 0 Å². The molecular weight excluding hydrogens is 378 g/mol. The van der Waals surface area contributed by atoms with E-state index in [9.17, 15) is 22.4 Å². The summed E-state index contributed by atoms with van der Waals surface area (Å²) >= 11 is 1.49. The quantitative estimate of drug-likeness (QED) is 0.589. The molecule has 1 atom stereocenters. The molecule has 0 saturated heterocycles. The summed E-state index contributed by atoms with van der Waals surface area (Å²) in [4.78, 5) is 13.7. The summed E-state index contributed by atoms with van der Waals surface area (Å²) in [5.41, 5.74) is 0.0768. The van der Waals surface area contributed by atoms with Gasteiger partial charge in [-0.15, -0.1) is 11.3 Å². The number of hydrogen-bond acceptors (Lipinski definition) is 2. The Bertz CT molecular complexity index is 864. The van der Waals surface area contributed by atoms with Crippen LogP contribution in [0.25, 0.3) is 0 Å². The lowest BCUT2D eigenvalue weighted by atomic mass is 9.72. The molecule has 0 saturated carbocycles. The third-order valence-corrected chi connectivity index (χ3v) is 6.22. The second-order valence-electron chi connectivity index (χ2n) is 8.00. The SMILES string of the molecule is CC(C)(C)[C@H]1CCc2c(C(=O)Nc3cc(C(F)(F)F)ccc3F)csc2C1. The number of amides is 1. The molecule has 146 valence electrons. The van der Waals surface area contributed by atoms with Crippen molar-refractivity contribution in [3.63, 3.8) is 0 Å². The molecule has 0 spiro atoms. The van der Waals surface area contributed by atoms with Crippen molar-refractivity contribution in [2.75, 3.05) is 5.32 Å². The van der Waals surface area contributed by atoms with Gasteiger partial charge < -0.3 is 5.32 Å². The van der Waals surface area contributed by atoms with Crippen LogP contribution in [0.2, 0.25) is 0 Å². The summed E-state index contributed by atoms with van der Waals surface area (Å²) < 4.78 is 52.4. The van der Waals surface area contributed by atoms with E-state index in [-0.39, 0.29) is 5.41 Å². The summed E-state index contributed by atoms with van der Waals surface area (Å²) in [5.74, 6) is -0.950. The summed E-state index contributed by atoms with van der Waals surface area (Å²) in [7, 11) is 0. The number of nitrogens with one attached hydrogen (secondary N) is 1. The van der Waals surface area contributed by atoms with Crippen molar-refractivity contribution in [2.45, 2.75) is 46.2 Å². The van der Waals surface area contributed by atoms with Gasteiger partial charge in [0, 0.05) is 10.3 Å². The molecular formula is C20H21F4NOS. The van der Waals surface area contributed by atoms with E-state index in [4.69, 9.17) is 0 Å². The Labute approximate surface area is 159 Å². The van der Waals surface area contributed by atoms with Gasteiger partial charge >= 0.3 is 6.18 Å². The first-order valence-corrected chi connectivity index (χ1v) is 9.62. The lowest BCUT2D eigenvalue weighted by Gasteiger charge is -2.34. The number of thiophene rings is 1. The molecule has 7 heteroatoms. The Balaban J connectivity index is 1.82. The molecule has 1 N–H and O–H groups in total. The van der Waals surface area contributed by atoms with Gasteiger partial charge in [0.15, 0.2) is 0 Å². The van der Waals surface area contributed by atoms with Crippen LogP contribution in [-0.4, -0.2) is 5.91 Å². The van der Waals surface area contributed by atoms with E-state index in [0.717, 1.165) is 35.8 Å². The predicted octanol–water partition coefficient (Wildman–Crippen LogP) is 6.31. The van der Waals surface area contributed by atoms with Crippen molar-refractivity contribution in [3.8, 4) is 0 Å². The number of halogens is 4. The predicted molar refractivity (Wildman–Crippen MR) is 98.6 cm³/mol. The largest absolute Gasteiger partial charge is 0.416 e. The third kappa shape index (κ3) is 4.18. The van der Waals surface area contributed by atoms with Crippen LogP contribution in [-0.2, 0) is 19.0 Å². The number of rotatable bonds is 2. The summed E-state index contributed by atoms with van der Waals surface area (Å²) in [5, 5.41) is 4.03. The summed E-state index contributed by atoms with van der Waals surface area (Å²) in [6.07, 6.45) is -2.02. The number of anilines is 1. The second kappa shape index (κ2) is 6.93. The zero-order valence-corrected chi connectivity index (χ0v) is 16.2. The van der Waals surface area contributed by atoms with Gasteiger partial charge in [0.1, 0.15) is 5.82 Å². The highest BCUT2D eigenvalue weighted by atomic mass is 32.1. The normalized spacial score (nSPS) is 17.5. The highest BCUT2D eigenvalue weighted by Crippen LogP contribution is 2.41. The van der Waals surface area contributed by atoms with Crippen molar-refractivity contribution in [1.29, 1.82) is 0 Å². The zero-order chi connectivity index (χ0) is 20.0. The van der Waals surface area contributed by atoms with Gasteiger partial charge in [0.2, 0.25) is 0 Å². The number of fused-ring (bicyclic) bond motifs is 1. The topological polar surface area (TPSA) is 29.1 Å². The molecule has 0 bridgehead atoms. The van der Waals surface area contributed by atoms with E-state index in [2.05, 4.69) is 26.1 Å². The monoisotopic (exact) mass is 399 g/mol. The Morgan fingerprint density at radius 1 is 1.22 bits per heavy atom. The van der Waals surface area contributed by atoms with E-state index in [1.165, 1.54) is 11.3 Å².